The van der Waals surface area contributed by atoms with Crippen molar-refractivity contribution in [3.05, 3.63) is 0 Å². The predicted octanol–water partition coefficient (Wildman–Crippen LogP) is 0.795. The highest BCUT2D eigenvalue weighted by atomic mass is 16.5. The first-order valence-electron chi connectivity index (χ1n) is 6.81. The number of nitrogens with two attached hydrogens (primary N) is 1. The molecule has 98 valence electrons. The zero-order chi connectivity index (χ0) is 12.1. The SMILES string of the molecule is NC1CCC(CC(=O)CN2CCOCC2)CC1. The topological polar surface area (TPSA) is 55.6 Å². The largest absolute Gasteiger partial charge is 0.379 e. The van der Waals surface area contributed by atoms with Crippen LogP contribution in [0.3, 0.4) is 0 Å². The maximum Gasteiger partial charge on any atom is 0.147 e. The predicted molar refractivity (Wildman–Crippen MR) is 66.8 cm³/mol. The van der Waals surface area contributed by atoms with Gasteiger partial charge >= 0.3 is 0 Å². The van der Waals surface area contributed by atoms with Gasteiger partial charge < -0.3 is 10.5 Å². The number of rotatable bonds is 4. The lowest BCUT2D eigenvalue weighted by Gasteiger charge is -2.28. The molecule has 0 aromatic rings. The van der Waals surface area contributed by atoms with Gasteiger partial charge in [-0.05, 0) is 31.6 Å². The zero-order valence-corrected chi connectivity index (χ0v) is 10.6. The number of hydrogen-bond acceptors (Lipinski definition) is 4. The highest BCUT2D eigenvalue weighted by Gasteiger charge is 2.22. The molecule has 1 aliphatic heterocycles. The van der Waals surface area contributed by atoms with Crippen LogP contribution in [0.2, 0.25) is 0 Å². The third-order valence-electron chi connectivity index (χ3n) is 3.91. The molecule has 0 aromatic carbocycles. The second-order valence-electron chi connectivity index (χ2n) is 5.41. The summed E-state index contributed by atoms with van der Waals surface area (Å²) in [4.78, 5) is 14.2. The van der Waals surface area contributed by atoms with Gasteiger partial charge in [-0.15, -0.1) is 0 Å². The first kappa shape index (κ1) is 13.0. The second kappa shape index (κ2) is 6.47. The molecule has 1 heterocycles. The second-order valence-corrected chi connectivity index (χ2v) is 5.41. The highest BCUT2D eigenvalue weighted by Crippen LogP contribution is 2.26. The molecule has 4 heteroatoms. The number of Topliss-reactive ketones (excluding diaryl/α,β-unsaturated/α-hetero) is 1. The van der Waals surface area contributed by atoms with E-state index < -0.39 is 0 Å². The minimum atomic E-state index is 0.376. The van der Waals surface area contributed by atoms with Gasteiger partial charge in [-0.25, -0.2) is 0 Å². The molecule has 2 rings (SSSR count). The van der Waals surface area contributed by atoms with Gasteiger partial charge in [0.25, 0.3) is 0 Å². The third-order valence-corrected chi connectivity index (χ3v) is 3.91. The summed E-state index contributed by atoms with van der Waals surface area (Å²) in [6.45, 7) is 3.96. The molecule has 0 aromatic heterocycles. The van der Waals surface area contributed by atoms with Gasteiger partial charge in [0.1, 0.15) is 5.78 Å². The van der Waals surface area contributed by atoms with Crippen LogP contribution in [0, 0.1) is 5.92 Å². The lowest BCUT2D eigenvalue weighted by atomic mass is 9.83. The van der Waals surface area contributed by atoms with E-state index >= 15 is 0 Å². The van der Waals surface area contributed by atoms with Crippen LogP contribution in [-0.2, 0) is 9.53 Å². The minimum absolute atomic E-state index is 0.376. The average Bonchev–Trinajstić information content (AvgIpc) is 2.33. The van der Waals surface area contributed by atoms with E-state index in [4.69, 9.17) is 10.5 Å². The lowest BCUT2D eigenvalue weighted by Crippen LogP contribution is -2.40. The van der Waals surface area contributed by atoms with Gasteiger partial charge in [0.15, 0.2) is 0 Å². The monoisotopic (exact) mass is 240 g/mol. The maximum atomic E-state index is 11.9. The van der Waals surface area contributed by atoms with Crippen LogP contribution in [0.1, 0.15) is 32.1 Å². The number of carbonyl (C=O) groups excluding carboxylic acids is 1. The quantitative estimate of drug-likeness (QED) is 0.789. The van der Waals surface area contributed by atoms with Gasteiger partial charge in [0.2, 0.25) is 0 Å². The smallest absolute Gasteiger partial charge is 0.147 e. The maximum absolute atomic E-state index is 11.9. The van der Waals surface area contributed by atoms with E-state index in [0.717, 1.165) is 58.4 Å². The van der Waals surface area contributed by atoms with Crippen molar-refractivity contribution in [2.24, 2.45) is 11.7 Å². The number of nitrogens with zero attached hydrogens (tertiary/aromatic N) is 1. The summed E-state index contributed by atoms with van der Waals surface area (Å²) in [5.41, 5.74) is 5.87. The molecule has 2 N–H and O–H groups in total. The fourth-order valence-electron chi connectivity index (χ4n) is 2.79. The van der Waals surface area contributed by atoms with Crippen LogP contribution >= 0.6 is 0 Å². The van der Waals surface area contributed by atoms with Crippen molar-refractivity contribution in [1.29, 1.82) is 0 Å². The number of ketones is 1. The average molecular weight is 240 g/mol. The summed E-state index contributed by atoms with van der Waals surface area (Å²) in [5.74, 6) is 0.982. The zero-order valence-electron chi connectivity index (χ0n) is 10.6. The molecule has 0 amide bonds. The van der Waals surface area contributed by atoms with E-state index in [-0.39, 0.29) is 0 Å². The molecular weight excluding hydrogens is 216 g/mol. The molecule has 2 aliphatic rings. The summed E-state index contributed by atoms with van der Waals surface area (Å²) in [6.07, 6.45) is 5.21. The van der Waals surface area contributed by atoms with Crippen molar-refractivity contribution in [2.45, 2.75) is 38.1 Å². The molecule has 0 atom stereocenters. The Kier molecular flexibility index (Phi) is 4.95. The molecule has 0 unspecified atom stereocenters. The molecule has 1 saturated heterocycles. The van der Waals surface area contributed by atoms with E-state index in [1.807, 2.05) is 0 Å². The van der Waals surface area contributed by atoms with Crippen molar-refractivity contribution in [2.75, 3.05) is 32.8 Å². The Hall–Kier alpha value is -0.450. The summed E-state index contributed by atoms with van der Waals surface area (Å²) >= 11 is 0. The molecule has 2 fully saturated rings. The van der Waals surface area contributed by atoms with Crippen LogP contribution < -0.4 is 5.73 Å². The Balaban J connectivity index is 1.66. The van der Waals surface area contributed by atoms with E-state index in [2.05, 4.69) is 4.90 Å². The summed E-state index contributed by atoms with van der Waals surface area (Å²) in [7, 11) is 0. The van der Waals surface area contributed by atoms with Crippen LogP contribution in [0.25, 0.3) is 0 Å². The summed E-state index contributed by atoms with van der Waals surface area (Å²) in [5, 5.41) is 0. The van der Waals surface area contributed by atoms with Crippen molar-refractivity contribution < 1.29 is 9.53 Å². The molecule has 0 radical (unpaired) electrons. The Labute approximate surface area is 103 Å². The summed E-state index contributed by atoms with van der Waals surface area (Å²) in [6, 6.07) is 0.376. The van der Waals surface area contributed by atoms with Crippen LogP contribution in [0.4, 0.5) is 0 Å². The van der Waals surface area contributed by atoms with Crippen molar-refractivity contribution >= 4 is 5.78 Å². The molecule has 4 nitrogen and oxygen atoms in total. The molecule has 1 saturated carbocycles. The number of ether oxygens (including phenoxy) is 1. The fraction of sp³-hybridized carbons (Fsp3) is 0.923. The molecular formula is C13H24N2O2. The van der Waals surface area contributed by atoms with Crippen molar-refractivity contribution in [3.8, 4) is 0 Å². The van der Waals surface area contributed by atoms with Crippen molar-refractivity contribution in [1.82, 2.24) is 4.90 Å². The molecule has 0 bridgehead atoms. The first-order chi connectivity index (χ1) is 8.24. The Bertz CT molecular complexity index is 244. The van der Waals surface area contributed by atoms with Crippen LogP contribution in [0.5, 0.6) is 0 Å². The van der Waals surface area contributed by atoms with Crippen LogP contribution in [-0.4, -0.2) is 49.6 Å². The van der Waals surface area contributed by atoms with Gasteiger partial charge in [-0.2, -0.15) is 0 Å². The minimum Gasteiger partial charge on any atom is -0.379 e. The first-order valence-corrected chi connectivity index (χ1v) is 6.81. The van der Waals surface area contributed by atoms with E-state index in [0.29, 0.717) is 24.3 Å². The Morgan fingerprint density at radius 1 is 1.18 bits per heavy atom. The Morgan fingerprint density at radius 2 is 1.82 bits per heavy atom. The molecule has 0 spiro atoms. The molecule has 1 aliphatic carbocycles. The highest BCUT2D eigenvalue weighted by molar-refractivity contribution is 5.80. The number of morpholine rings is 1. The number of carbonyl (C=O) groups is 1. The van der Waals surface area contributed by atoms with E-state index in [9.17, 15) is 4.79 Å². The molecule has 17 heavy (non-hydrogen) atoms. The van der Waals surface area contributed by atoms with Gasteiger partial charge in [0.05, 0.1) is 19.8 Å². The standard InChI is InChI=1S/C13H24N2O2/c14-12-3-1-11(2-4-12)9-13(16)10-15-5-7-17-8-6-15/h11-12H,1-10,14H2. The normalized spacial score (nSPS) is 31.4. The Morgan fingerprint density at radius 3 is 2.47 bits per heavy atom. The van der Waals surface area contributed by atoms with Gasteiger partial charge in [-0.1, -0.05) is 0 Å². The van der Waals surface area contributed by atoms with Crippen molar-refractivity contribution in [3.63, 3.8) is 0 Å². The lowest BCUT2D eigenvalue weighted by molar-refractivity contribution is -0.122. The van der Waals surface area contributed by atoms with E-state index in [1.54, 1.807) is 0 Å². The van der Waals surface area contributed by atoms with Gasteiger partial charge in [0, 0.05) is 25.6 Å². The van der Waals surface area contributed by atoms with E-state index in [1.165, 1.54) is 0 Å². The fourth-order valence-corrected chi connectivity index (χ4v) is 2.79. The summed E-state index contributed by atoms with van der Waals surface area (Å²) < 4.78 is 5.28. The van der Waals surface area contributed by atoms with Gasteiger partial charge in [-0.3, -0.25) is 9.69 Å². The van der Waals surface area contributed by atoms with Crippen LogP contribution in [0.15, 0.2) is 0 Å². The third kappa shape index (κ3) is 4.37. The number of hydrogen-bond donors (Lipinski definition) is 1.